The monoisotopic (exact) mass is 248 g/mol. The highest BCUT2D eigenvalue weighted by molar-refractivity contribution is 7.89. The fraction of sp³-hybridized carbons (Fsp3) is 1.00. The number of hydrogen-bond acceptors (Lipinski definition) is 3. The molecule has 5 heteroatoms. The highest BCUT2D eigenvalue weighted by atomic mass is 32.2. The molecule has 96 valence electrons. The number of hydrogen-bond donors (Lipinski definition) is 1. The lowest BCUT2D eigenvalue weighted by atomic mass is 10.1. The first-order valence-electron chi connectivity index (χ1n) is 6.09. The van der Waals surface area contributed by atoms with Crippen molar-refractivity contribution in [2.75, 3.05) is 18.8 Å². The summed E-state index contributed by atoms with van der Waals surface area (Å²) in [5.41, 5.74) is 0. The van der Waals surface area contributed by atoms with Gasteiger partial charge in [0.2, 0.25) is 10.0 Å². The average molecular weight is 248 g/mol. The lowest BCUT2D eigenvalue weighted by Crippen LogP contribution is -2.41. The minimum absolute atomic E-state index is 0.0824. The summed E-state index contributed by atoms with van der Waals surface area (Å²) in [5, 5.41) is 0. The number of sulfonamides is 1. The van der Waals surface area contributed by atoms with Crippen molar-refractivity contribution in [3.05, 3.63) is 0 Å². The Hall–Kier alpha value is -0.130. The third-order valence-corrected chi connectivity index (χ3v) is 4.78. The van der Waals surface area contributed by atoms with Gasteiger partial charge in [0.25, 0.3) is 0 Å². The second kappa shape index (κ2) is 5.47. The van der Waals surface area contributed by atoms with Crippen LogP contribution in [0.1, 0.15) is 34.1 Å². The molecule has 0 unspecified atom stereocenters. The molecule has 1 aliphatic rings. The normalized spacial score (nSPS) is 27.8. The Bertz CT molecular complexity index is 314. The molecule has 2 atom stereocenters. The SMILES string of the molecule is CCCS(=O)(=O)N[C@H]1CN(C(C)C)C[C@@H]1C. The van der Waals surface area contributed by atoms with E-state index in [-0.39, 0.29) is 11.8 Å². The molecular weight excluding hydrogens is 224 g/mol. The maximum absolute atomic E-state index is 11.7. The molecule has 0 aromatic rings. The molecule has 0 aliphatic carbocycles. The third kappa shape index (κ3) is 3.71. The highest BCUT2D eigenvalue weighted by Crippen LogP contribution is 2.19. The van der Waals surface area contributed by atoms with E-state index < -0.39 is 10.0 Å². The van der Waals surface area contributed by atoms with E-state index in [2.05, 4.69) is 30.4 Å². The van der Waals surface area contributed by atoms with Crippen LogP contribution in [0.15, 0.2) is 0 Å². The molecule has 1 rings (SSSR count). The molecule has 0 aromatic heterocycles. The zero-order valence-electron chi connectivity index (χ0n) is 10.7. The summed E-state index contributed by atoms with van der Waals surface area (Å²) in [6, 6.07) is 0.571. The smallest absolute Gasteiger partial charge is 0.211 e. The third-order valence-electron chi connectivity index (χ3n) is 3.17. The summed E-state index contributed by atoms with van der Waals surface area (Å²) in [4.78, 5) is 2.32. The van der Waals surface area contributed by atoms with Crippen LogP contribution in [-0.2, 0) is 10.0 Å². The maximum atomic E-state index is 11.7. The summed E-state index contributed by atoms with van der Waals surface area (Å²) in [7, 11) is -3.07. The van der Waals surface area contributed by atoms with E-state index in [1.807, 2.05) is 6.92 Å². The minimum Gasteiger partial charge on any atom is -0.299 e. The Balaban J connectivity index is 2.56. The Labute approximate surface area is 99.5 Å². The van der Waals surface area contributed by atoms with E-state index in [0.717, 1.165) is 13.1 Å². The van der Waals surface area contributed by atoms with Gasteiger partial charge in [-0.2, -0.15) is 0 Å². The Morgan fingerprint density at radius 3 is 2.44 bits per heavy atom. The van der Waals surface area contributed by atoms with Crippen molar-refractivity contribution in [1.82, 2.24) is 9.62 Å². The molecule has 1 saturated heterocycles. The van der Waals surface area contributed by atoms with Crippen molar-refractivity contribution in [2.45, 2.75) is 46.2 Å². The van der Waals surface area contributed by atoms with Crippen LogP contribution in [0.3, 0.4) is 0 Å². The van der Waals surface area contributed by atoms with Gasteiger partial charge >= 0.3 is 0 Å². The number of likely N-dealkylation sites (tertiary alicyclic amines) is 1. The molecule has 0 aromatic carbocycles. The van der Waals surface area contributed by atoms with Crippen LogP contribution in [-0.4, -0.2) is 44.2 Å². The van der Waals surface area contributed by atoms with E-state index >= 15 is 0 Å². The first-order chi connectivity index (χ1) is 7.35. The van der Waals surface area contributed by atoms with Crippen LogP contribution in [0, 0.1) is 5.92 Å². The summed E-state index contributed by atoms with van der Waals surface area (Å²) < 4.78 is 26.2. The van der Waals surface area contributed by atoms with Crippen molar-refractivity contribution in [3.8, 4) is 0 Å². The van der Waals surface area contributed by atoms with Gasteiger partial charge in [0.15, 0.2) is 0 Å². The van der Waals surface area contributed by atoms with Gasteiger partial charge in [-0.25, -0.2) is 13.1 Å². The zero-order chi connectivity index (χ0) is 12.3. The predicted octanol–water partition coefficient (Wildman–Crippen LogP) is 1.04. The lowest BCUT2D eigenvalue weighted by molar-refractivity contribution is 0.265. The van der Waals surface area contributed by atoms with E-state index in [9.17, 15) is 8.42 Å². The molecule has 1 heterocycles. The van der Waals surface area contributed by atoms with Crippen molar-refractivity contribution >= 4 is 10.0 Å². The van der Waals surface area contributed by atoms with Crippen molar-refractivity contribution in [2.24, 2.45) is 5.92 Å². The topological polar surface area (TPSA) is 49.4 Å². The van der Waals surface area contributed by atoms with Gasteiger partial charge < -0.3 is 0 Å². The molecule has 16 heavy (non-hydrogen) atoms. The minimum atomic E-state index is -3.07. The summed E-state index contributed by atoms with van der Waals surface area (Å²) in [5.74, 6) is 0.631. The summed E-state index contributed by atoms with van der Waals surface area (Å²) >= 11 is 0. The van der Waals surface area contributed by atoms with E-state index in [1.54, 1.807) is 0 Å². The van der Waals surface area contributed by atoms with E-state index in [1.165, 1.54) is 0 Å². The Kier molecular flexibility index (Phi) is 4.76. The number of rotatable bonds is 5. The van der Waals surface area contributed by atoms with Crippen LogP contribution >= 0.6 is 0 Å². The second-order valence-electron chi connectivity index (χ2n) is 5.07. The zero-order valence-corrected chi connectivity index (χ0v) is 11.5. The van der Waals surface area contributed by atoms with Crippen LogP contribution in [0.25, 0.3) is 0 Å². The second-order valence-corrected chi connectivity index (χ2v) is 6.94. The Morgan fingerprint density at radius 1 is 1.38 bits per heavy atom. The van der Waals surface area contributed by atoms with Crippen LogP contribution in [0.2, 0.25) is 0 Å². The number of nitrogens with one attached hydrogen (secondary N) is 1. The standard InChI is InChI=1S/C11H24N2O2S/c1-5-6-16(14,15)12-11-8-13(9(2)3)7-10(11)4/h9-12H,5-8H2,1-4H3/t10-,11-/m0/s1. The van der Waals surface area contributed by atoms with Crippen LogP contribution in [0.4, 0.5) is 0 Å². The Morgan fingerprint density at radius 2 is 2.00 bits per heavy atom. The van der Waals surface area contributed by atoms with Crippen molar-refractivity contribution in [3.63, 3.8) is 0 Å². The first-order valence-corrected chi connectivity index (χ1v) is 7.75. The maximum Gasteiger partial charge on any atom is 0.211 e. The summed E-state index contributed by atoms with van der Waals surface area (Å²) in [6.07, 6.45) is 0.671. The summed E-state index contributed by atoms with van der Waals surface area (Å²) in [6.45, 7) is 10.1. The van der Waals surface area contributed by atoms with Gasteiger partial charge in [-0.15, -0.1) is 0 Å². The number of nitrogens with zero attached hydrogens (tertiary/aromatic N) is 1. The van der Waals surface area contributed by atoms with Gasteiger partial charge in [0.05, 0.1) is 5.75 Å². The van der Waals surface area contributed by atoms with Crippen LogP contribution in [0.5, 0.6) is 0 Å². The van der Waals surface area contributed by atoms with E-state index in [0.29, 0.717) is 18.4 Å². The van der Waals surface area contributed by atoms with E-state index in [4.69, 9.17) is 0 Å². The van der Waals surface area contributed by atoms with Crippen molar-refractivity contribution < 1.29 is 8.42 Å². The van der Waals surface area contributed by atoms with Gasteiger partial charge in [-0.3, -0.25) is 4.90 Å². The van der Waals surface area contributed by atoms with Gasteiger partial charge in [0.1, 0.15) is 0 Å². The fourth-order valence-electron chi connectivity index (χ4n) is 2.14. The molecule has 1 fully saturated rings. The van der Waals surface area contributed by atoms with Gasteiger partial charge in [-0.05, 0) is 26.2 Å². The average Bonchev–Trinajstić information content (AvgIpc) is 2.47. The molecule has 0 saturated carbocycles. The molecule has 1 N–H and O–H groups in total. The predicted molar refractivity (Wildman–Crippen MR) is 66.9 cm³/mol. The molecule has 0 spiro atoms. The molecule has 0 radical (unpaired) electrons. The lowest BCUT2D eigenvalue weighted by Gasteiger charge is -2.20. The molecule has 4 nitrogen and oxygen atoms in total. The van der Waals surface area contributed by atoms with Gasteiger partial charge in [-0.1, -0.05) is 13.8 Å². The molecule has 0 amide bonds. The first kappa shape index (κ1) is 13.9. The van der Waals surface area contributed by atoms with Crippen LogP contribution < -0.4 is 4.72 Å². The van der Waals surface area contributed by atoms with Crippen molar-refractivity contribution in [1.29, 1.82) is 0 Å². The highest BCUT2D eigenvalue weighted by Gasteiger charge is 2.33. The molecule has 0 bridgehead atoms. The molecule has 1 aliphatic heterocycles. The largest absolute Gasteiger partial charge is 0.299 e. The quantitative estimate of drug-likeness (QED) is 0.791. The van der Waals surface area contributed by atoms with Gasteiger partial charge in [0, 0.05) is 25.2 Å². The molecular formula is C11H24N2O2S. The fourth-order valence-corrected chi connectivity index (χ4v) is 3.56.